The minimum Gasteiger partial charge on any atom is -0.486 e. The fraction of sp³-hybridized carbons (Fsp3) is 0.455. The molecule has 0 radical (unpaired) electrons. The van der Waals surface area contributed by atoms with Crippen LogP contribution in [0.5, 0.6) is 11.5 Å². The topological polar surface area (TPSA) is 71.1 Å². The van der Waals surface area contributed by atoms with Crippen molar-refractivity contribution in [2.24, 2.45) is 0 Å². The highest BCUT2D eigenvalue weighted by Gasteiger charge is 2.15. The maximum absolute atomic E-state index is 11.0. The fourth-order valence-electron chi connectivity index (χ4n) is 3.09. The Labute approximate surface area is 172 Å². The summed E-state index contributed by atoms with van der Waals surface area (Å²) in [7, 11) is -3.40. The summed E-state index contributed by atoms with van der Waals surface area (Å²) in [5.41, 5.74) is 2.03. The van der Waals surface area contributed by atoms with Crippen molar-refractivity contribution in [1.29, 1.82) is 0 Å². The van der Waals surface area contributed by atoms with Crippen molar-refractivity contribution in [3.63, 3.8) is 0 Å². The van der Waals surface area contributed by atoms with Crippen LogP contribution in [0, 0.1) is 0 Å². The van der Waals surface area contributed by atoms with Gasteiger partial charge in [-0.05, 0) is 61.6 Å². The van der Waals surface area contributed by atoms with Gasteiger partial charge in [0.05, 0.1) is 19.5 Å². The maximum atomic E-state index is 11.0. The molecule has 0 aromatic heterocycles. The molecule has 0 saturated carbocycles. The van der Waals surface area contributed by atoms with Gasteiger partial charge in [-0.15, -0.1) is 0 Å². The minimum absolute atomic E-state index is 0.116. The molecule has 1 aliphatic heterocycles. The zero-order chi connectivity index (χ0) is 20.7. The van der Waals surface area contributed by atoms with E-state index < -0.39 is 10.1 Å². The molecule has 6 nitrogen and oxygen atoms in total. The van der Waals surface area contributed by atoms with Crippen molar-refractivity contribution in [2.45, 2.75) is 45.0 Å². The summed E-state index contributed by atoms with van der Waals surface area (Å²) in [5, 5.41) is 0. The van der Waals surface area contributed by atoms with Gasteiger partial charge in [0.15, 0.2) is 6.29 Å². The summed E-state index contributed by atoms with van der Waals surface area (Å²) >= 11 is 0. The molecular weight excluding hydrogens is 392 g/mol. The summed E-state index contributed by atoms with van der Waals surface area (Å²) in [6, 6.07) is 15.5. The molecule has 29 heavy (non-hydrogen) atoms. The van der Waals surface area contributed by atoms with E-state index in [1.165, 1.54) is 0 Å². The number of benzene rings is 2. The Morgan fingerprint density at radius 2 is 1.72 bits per heavy atom. The fourth-order valence-corrected chi connectivity index (χ4v) is 3.48. The van der Waals surface area contributed by atoms with Crippen molar-refractivity contribution in [1.82, 2.24) is 0 Å². The van der Waals surface area contributed by atoms with Gasteiger partial charge in [-0.2, -0.15) is 8.42 Å². The zero-order valence-corrected chi connectivity index (χ0v) is 17.7. The van der Waals surface area contributed by atoms with E-state index >= 15 is 0 Å². The van der Waals surface area contributed by atoms with Crippen molar-refractivity contribution in [3.05, 3.63) is 59.7 Å². The van der Waals surface area contributed by atoms with Gasteiger partial charge in [0.2, 0.25) is 0 Å². The van der Waals surface area contributed by atoms with Crippen LogP contribution in [-0.2, 0) is 25.5 Å². The van der Waals surface area contributed by atoms with Gasteiger partial charge in [-0.1, -0.05) is 24.3 Å². The van der Waals surface area contributed by atoms with Crippen molar-refractivity contribution in [3.8, 4) is 11.5 Å². The van der Waals surface area contributed by atoms with Crippen LogP contribution in [-0.4, -0.2) is 34.2 Å². The lowest BCUT2D eigenvalue weighted by Gasteiger charge is -2.23. The van der Waals surface area contributed by atoms with Gasteiger partial charge < -0.3 is 14.2 Å². The molecule has 0 N–H and O–H groups in total. The van der Waals surface area contributed by atoms with Crippen molar-refractivity contribution >= 4 is 10.1 Å². The van der Waals surface area contributed by atoms with Gasteiger partial charge in [-0.3, -0.25) is 4.18 Å². The Balaban J connectivity index is 1.49. The minimum atomic E-state index is -3.40. The molecule has 0 bridgehead atoms. The molecule has 2 unspecified atom stereocenters. The van der Waals surface area contributed by atoms with Gasteiger partial charge in [0, 0.05) is 6.42 Å². The van der Waals surface area contributed by atoms with Gasteiger partial charge >= 0.3 is 0 Å². The van der Waals surface area contributed by atoms with Crippen LogP contribution < -0.4 is 9.47 Å². The quantitative estimate of drug-likeness (QED) is 0.565. The lowest BCUT2D eigenvalue weighted by Crippen LogP contribution is -2.24. The first-order valence-electron chi connectivity index (χ1n) is 9.87. The van der Waals surface area contributed by atoms with Crippen LogP contribution in [0.1, 0.15) is 43.4 Å². The number of ether oxygens (including phenoxy) is 3. The summed E-state index contributed by atoms with van der Waals surface area (Å²) in [6.45, 7) is 2.89. The van der Waals surface area contributed by atoms with Crippen LogP contribution in [0.15, 0.2) is 48.5 Å². The van der Waals surface area contributed by atoms with E-state index in [1.807, 2.05) is 55.5 Å². The molecule has 0 spiro atoms. The number of hydrogen-bond donors (Lipinski definition) is 0. The van der Waals surface area contributed by atoms with Gasteiger partial charge in [0.1, 0.15) is 17.6 Å². The van der Waals surface area contributed by atoms with Crippen LogP contribution in [0.3, 0.4) is 0 Å². The van der Waals surface area contributed by atoms with Crippen LogP contribution in [0.2, 0.25) is 0 Å². The standard InChI is InChI=1S/C22H28O6S/c1-17(19-8-12-21(13-9-19)28-22-5-3-4-15-25-22)27-20-10-6-18(7-11-20)14-16-26-29(2,23)24/h6-13,17,22H,3-5,14-16H2,1-2H3. The predicted molar refractivity (Wildman–Crippen MR) is 111 cm³/mol. The summed E-state index contributed by atoms with van der Waals surface area (Å²) in [6.07, 6.45) is 4.47. The van der Waals surface area contributed by atoms with Crippen molar-refractivity contribution in [2.75, 3.05) is 19.5 Å². The molecule has 3 rings (SSSR count). The predicted octanol–water partition coefficient (Wildman–Crippen LogP) is 4.25. The van der Waals surface area contributed by atoms with Crippen molar-refractivity contribution < 1.29 is 26.8 Å². The molecule has 158 valence electrons. The van der Waals surface area contributed by atoms with E-state index in [9.17, 15) is 8.42 Å². The molecule has 2 aromatic rings. The van der Waals surface area contributed by atoms with Gasteiger partial charge in [-0.25, -0.2) is 0 Å². The van der Waals surface area contributed by atoms with Gasteiger partial charge in [0.25, 0.3) is 10.1 Å². The lowest BCUT2D eigenvalue weighted by atomic mass is 10.1. The summed E-state index contributed by atoms with van der Waals surface area (Å²) in [4.78, 5) is 0. The monoisotopic (exact) mass is 420 g/mol. The molecule has 2 atom stereocenters. The second kappa shape index (κ2) is 10.1. The third-order valence-electron chi connectivity index (χ3n) is 4.68. The number of hydrogen-bond acceptors (Lipinski definition) is 6. The second-order valence-corrected chi connectivity index (χ2v) is 8.81. The molecule has 0 amide bonds. The van der Waals surface area contributed by atoms with E-state index in [-0.39, 0.29) is 19.0 Å². The summed E-state index contributed by atoms with van der Waals surface area (Å²) in [5.74, 6) is 1.55. The largest absolute Gasteiger partial charge is 0.486 e. The van der Waals surface area contributed by atoms with Crippen LogP contribution in [0.25, 0.3) is 0 Å². The molecule has 1 aliphatic rings. The Bertz CT molecular complexity index is 855. The van der Waals surface area contributed by atoms with E-state index in [1.54, 1.807) is 0 Å². The lowest BCUT2D eigenvalue weighted by molar-refractivity contribution is -0.105. The molecule has 1 saturated heterocycles. The molecular formula is C22H28O6S. The average Bonchev–Trinajstić information content (AvgIpc) is 2.70. The average molecular weight is 421 g/mol. The molecule has 0 aliphatic carbocycles. The van der Waals surface area contributed by atoms with E-state index in [0.717, 1.165) is 54.8 Å². The third-order valence-corrected chi connectivity index (χ3v) is 5.27. The van der Waals surface area contributed by atoms with Crippen LogP contribution in [0.4, 0.5) is 0 Å². The van der Waals surface area contributed by atoms with E-state index in [4.69, 9.17) is 18.4 Å². The highest BCUT2D eigenvalue weighted by molar-refractivity contribution is 7.85. The smallest absolute Gasteiger partial charge is 0.264 e. The van der Waals surface area contributed by atoms with Crippen LogP contribution >= 0.6 is 0 Å². The first-order chi connectivity index (χ1) is 13.9. The Morgan fingerprint density at radius 1 is 1.03 bits per heavy atom. The van der Waals surface area contributed by atoms with E-state index in [2.05, 4.69) is 0 Å². The first-order valence-corrected chi connectivity index (χ1v) is 11.7. The third kappa shape index (κ3) is 7.34. The molecule has 2 aromatic carbocycles. The second-order valence-electron chi connectivity index (χ2n) is 7.16. The highest BCUT2D eigenvalue weighted by atomic mass is 32.2. The van der Waals surface area contributed by atoms with E-state index in [0.29, 0.717) is 6.42 Å². The Kier molecular flexibility index (Phi) is 7.52. The Morgan fingerprint density at radius 3 is 2.34 bits per heavy atom. The highest BCUT2D eigenvalue weighted by Crippen LogP contribution is 2.25. The summed E-state index contributed by atoms with van der Waals surface area (Å²) < 4.78 is 44.2. The Hall–Kier alpha value is -2.09. The molecule has 1 fully saturated rings. The normalized spacial score (nSPS) is 18.2. The SMILES string of the molecule is CC(Oc1ccc(CCOS(C)(=O)=O)cc1)c1ccc(OC2CCCCO2)cc1. The first kappa shape index (κ1) is 21.6. The molecule has 1 heterocycles. The molecule has 7 heteroatoms. The number of rotatable bonds is 9. The maximum Gasteiger partial charge on any atom is 0.264 e. The zero-order valence-electron chi connectivity index (χ0n) is 16.9.